The number of anilines is 1. The van der Waals surface area contributed by atoms with Crippen molar-refractivity contribution in [3.8, 4) is 11.5 Å². The minimum absolute atomic E-state index is 0.0440. The summed E-state index contributed by atoms with van der Waals surface area (Å²) in [6.07, 6.45) is 0. The maximum atomic E-state index is 13.1. The first-order chi connectivity index (χ1) is 9.47. The van der Waals surface area contributed by atoms with E-state index >= 15 is 0 Å². The standard InChI is InChI=1S/C13H11FN2O4/c14-9-2-3-11(16(19)20)10(6-9)15-7-8-1-4-12(17)13(18)5-8/h1-6,15,17-18H,7H2. The Kier molecular flexibility index (Phi) is 3.69. The normalized spacial score (nSPS) is 10.2. The van der Waals surface area contributed by atoms with Gasteiger partial charge in [-0.3, -0.25) is 10.1 Å². The largest absolute Gasteiger partial charge is 0.504 e. The molecule has 2 aromatic carbocycles. The van der Waals surface area contributed by atoms with Gasteiger partial charge >= 0.3 is 0 Å². The van der Waals surface area contributed by atoms with Crippen LogP contribution in [0.4, 0.5) is 15.8 Å². The number of nitrogens with one attached hydrogen (secondary N) is 1. The zero-order chi connectivity index (χ0) is 14.7. The van der Waals surface area contributed by atoms with Crippen molar-refractivity contribution < 1.29 is 19.5 Å². The van der Waals surface area contributed by atoms with Crippen LogP contribution in [0.1, 0.15) is 5.56 Å². The van der Waals surface area contributed by atoms with E-state index in [2.05, 4.69) is 5.32 Å². The third-order valence-electron chi connectivity index (χ3n) is 2.68. The fourth-order valence-corrected chi connectivity index (χ4v) is 1.69. The third kappa shape index (κ3) is 2.94. The fourth-order valence-electron chi connectivity index (χ4n) is 1.69. The molecular weight excluding hydrogens is 267 g/mol. The number of hydrogen-bond donors (Lipinski definition) is 3. The Labute approximate surface area is 113 Å². The first-order valence-electron chi connectivity index (χ1n) is 5.66. The Morgan fingerprint density at radius 1 is 1.15 bits per heavy atom. The maximum absolute atomic E-state index is 13.1. The number of nitrogens with zero attached hydrogens (tertiary/aromatic N) is 1. The van der Waals surface area contributed by atoms with Gasteiger partial charge in [0.2, 0.25) is 0 Å². The Hall–Kier alpha value is -2.83. The van der Waals surface area contributed by atoms with Crippen LogP contribution in [0.2, 0.25) is 0 Å². The number of nitro groups is 1. The van der Waals surface area contributed by atoms with Gasteiger partial charge in [0.05, 0.1) is 4.92 Å². The number of phenols is 2. The average molecular weight is 278 g/mol. The van der Waals surface area contributed by atoms with Crippen LogP contribution in [0.5, 0.6) is 11.5 Å². The highest BCUT2D eigenvalue weighted by atomic mass is 19.1. The van der Waals surface area contributed by atoms with Gasteiger partial charge in [0, 0.05) is 18.7 Å². The Balaban J connectivity index is 2.20. The van der Waals surface area contributed by atoms with E-state index in [4.69, 9.17) is 0 Å². The fraction of sp³-hybridized carbons (Fsp3) is 0.0769. The number of benzene rings is 2. The monoisotopic (exact) mass is 278 g/mol. The molecule has 0 saturated carbocycles. The molecule has 2 aromatic rings. The van der Waals surface area contributed by atoms with Crippen LogP contribution >= 0.6 is 0 Å². The first kappa shape index (κ1) is 13.6. The van der Waals surface area contributed by atoms with Crippen molar-refractivity contribution in [3.05, 3.63) is 57.9 Å². The Morgan fingerprint density at radius 3 is 2.55 bits per heavy atom. The van der Waals surface area contributed by atoms with Crippen LogP contribution < -0.4 is 5.32 Å². The molecule has 0 aliphatic heterocycles. The number of hydrogen-bond acceptors (Lipinski definition) is 5. The molecule has 6 nitrogen and oxygen atoms in total. The second-order valence-corrected chi connectivity index (χ2v) is 4.10. The summed E-state index contributed by atoms with van der Waals surface area (Å²) in [5.74, 6) is -1.14. The van der Waals surface area contributed by atoms with Gasteiger partial charge in [-0.05, 0) is 23.8 Å². The van der Waals surface area contributed by atoms with Crippen LogP contribution in [0, 0.1) is 15.9 Å². The maximum Gasteiger partial charge on any atom is 0.292 e. The highest BCUT2D eigenvalue weighted by molar-refractivity contribution is 5.61. The number of rotatable bonds is 4. The number of nitro benzene ring substituents is 1. The molecule has 20 heavy (non-hydrogen) atoms. The molecule has 0 atom stereocenters. The zero-order valence-electron chi connectivity index (χ0n) is 10.2. The highest BCUT2D eigenvalue weighted by Crippen LogP contribution is 2.28. The quantitative estimate of drug-likeness (QED) is 0.454. The van der Waals surface area contributed by atoms with Gasteiger partial charge in [0.1, 0.15) is 11.5 Å². The van der Waals surface area contributed by atoms with E-state index in [9.17, 15) is 24.7 Å². The highest BCUT2D eigenvalue weighted by Gasteiger charge is 2.14. The lowest BCUT2D eigenvalue weighted by molar-refractivity contribution is -0.384. The Bertz CT molecular complexity index is 661. The molecule has 0 amide bonds. The second kappa shape index (κ2) is 5.43. The summed E-state index contributed by atoms with van der Waals surface area (Å²) in [4.78, 5) is 10.2. The van der Waals surface area contributed by atoms with E-state index in [1.165, 1.54) is 18.2 Å². The lowest BCUT2D eigenvalue weighted by atomic mass is 10.2. The van der Waals surface area contributed by atoms with E-state index in [1.54, 1.807) is 0 Å². The first-order valence-corrected chi connectivity index (χ1v) is 5.66. The minimum Gasteiger partial charge on any atom is -0.504 e. The summed E-state index contributed by atoms with van der Waals surface area (Å²) in [6.45, 7) is 0.137. The van der Waals surface area contributed by atoms with Gasteiger partial charge < -0.3 is 15.5 Å². The van der Waals surface area contributed by atoms with Crippen LogP contribution in [0.15, 0.2) is 36.4 Å². The van der Waals surface area contributed by atoms with Gasteiger partial charge in [0.25, 0.3) is 5.69 Å². The summed E-state index contributed by atoms with van der Waals surface area (Å²) in [5, 5.41) is 32.0. The molecule has 0 bridgehead atoms. The Morgan fingerprint density at radius 2 is 1.90 bits per heavy atom. The number of aromatic hydroxyl groups is 2. The molecule has 104 valence electrons. The number of phenolic OH excluding ortho intramolecular Hbond substituents is 2. The summed E-state index contributed by atoms with van der Waals surface area (Å²) in [6, 6.07) is 7.26. The molecule has 2 rings (SSSR count). The van der Waals surface area contributed by atoms with Crippen molar-refractivity contribution in [1.82, 2.24) is 0 Å². The van der Waals surface area contributed by atoms with Gasteiger partial charge in [0.15, 0.2) is 11.5 Å². The molecule has 7 heteroatoms. The molecule has 0 aliphatic carbocycles. The van der Waals surface area contributed by atoms with Crippen molar-refractivity contribution in [1.29, 1.82) is 0 Å². The van der Waals surface area contributed by atoms with E-state index < -0.39 is 10.7 Å². The van der Waals surface area contributed by atoms with Crippen LogP contribution in [0.3, 0.4) is 0 Å². The smallest absolute Gasteiger partial charge is 0.292 e. The summed E-state index contributed by atoms with van der Waals surface area (Å²) >= 11 is 0. The van der Waals surface area contributed by atoms with Crippen molar-refractivity contribution >= 4 is 11.4 Å². The van der Waals surface area contributed by atoms with Crippen LogP contribution in [0.25, 0.3) is 0 Å². The molecule has 0 fully saturated rings. The van der Waals surface area contributed by atoms with Crippen molar-refractivity contribution in [2.45, 2.75) is 6.54 Å². The van der Waals surface area contributed by atoms with Crippen LogP contribution in [-0.4, -0.2) is 15.1 Å². The molecule has 0 heterocycles. The third-order valence-corrected chi connectivity index (χ3v) is 2.68. The molecule has 3 N–H and O–H groups in total. The molecule has 0 saturated heterocycles. The van der Waals surface area contributed by atoms with Crippen molar-refractivity contribution in [3.63, 3.8) is 0 Å². The molecule has 0 aliphatic rings. The summed E-state index contributed by atoms with van der Waals surface area (Å²) < 4.78 is 13.1. The minimum atomic E-state index is -0.615. The lowest BCUT2D eigenvalue weighted by Gasteiger charge is -2.08. The molecule has 0 spiro atoms. The lowest BCUT2D eigenvalue weighted by Crippen LogP contribution is -2.03. The van der Waals surface area contributed by atoms with E-state index in [1.807, 2.05) is 0 Å². The summed E-state index contributed by atoms with van der Waals surface area (Å²) in [7, 11) is 0. The van der Waals surface area contributed by atoms with Gasteiger partial charge in [-0.2, -0.15) is 0 Å². The summed E-state index contributed by atoms with van der Waals surface area (Å²) in [5.41, 5.74) is 0.385. The molecule has 0 radical (unpaired) electrons. The zero-order valence-corrected chi connectivity index (χ0v) is 10.2. The van der Waals surface area contributed by atoms with Crippen molar-refractivity contribution in [2.24, 2.45) is 0 Å². The SMILES string of the molecule is O=[N+]([O-])c1ccc(F)cc1NCc1ccc(O)c(O)c1. The molecule has 0 unspecified atom stereocenters. The van der Waals surface area contributed by atoms with E-state index in [0.29, 0.717) is 5.56 Å². The number of halogens is 1. The van der Waals surface area contributed by atoms with E-state index in [-0.39, 0.29) is 29.4 Å². The predicted molar refractivity (Wildman–Crippen MR) is 70.2 cm³/mol. The predicted octanol–water partition coefficient (Wildman–Crippen LogP) is 2.76. The van der Waals surface area contributed by atoms with Gasteiger partial charge in [-0.1, -0.05) is 6.07 Å². The average Bonchev–Trinajstić information content (AvgIpc) is 2.40. The van der Waals surface area contributed by atoms with Crippen LogP contribution in [-0.2, 0) is 6.54 Å². The molecular formula is C13H11FN2O4. The topological polar surface area (TPSA) is 95.6 Å². The second-order valence-electron chi connectivity index (χ2n) is 4.10. The van der Waals surface area contributed by atoms with Gasteiger partial charge in [-0.15, -0.1) is 0 Å². The van der Waals surface area contributed by atoms with Gasteiger partial charge in [-0.25, -0.2) is 4.39 Å². The molecule has 0 aromatic heterocycles. The van der Waals surface area contributed by atoms with E-state index in [0.717, 1.165) is 18.2 Å². The van der Waals surface area contributed by atoms with Crippen molar-refractivity contribution in [2.75, 3.05) is 5.32 Å².